The summed E-state index contributed by atoms with van der Waals surface area (Å²) in [6, 6.07) is 6.68. The lowest BCUT2D eigenvalue weighted by Gasteiger charge is -2.18. The van der Waals surface area contributed by atoms with Crippen LogP contribution in [0.3, 0.4) is 0 Å². The molecule has 0 unspecified atom stereocenters. The van der Waals surface area contributed by atoms with Gasteiger partial charge in [-0.2, -0.15) is 0 Å². The second-order valence-corrected chi connectivity index (χ2v) is 6.20. The highest BCUT2D eigenvalue weighted by atomic mass is 35.5. The Morgan fingerprint density at radius 1 is 0.864 bits per heavy atom. The number of carbonyl (C=O) groups excluding carboxylic acids is 2. The fraction of sp³-hybridized carbons (Fsp3) is 0.429. The molecule has 0 radical (unpaired) electrons. The Labute approximate surface area is 148 Å². The molecule has 8 heteroatoms. The SMILES string of the molecule is COC(=O)[C@@H](Cl)[C@H](Cl)c1cccc([C@H](Cl)[C@H](Cl)C(=O)OC)c1. The van der Waals surface area contributed by atoms with Gasteiger partial charge in [-0.05, 0) is 11.1 Å². The monoisotopic (exact) mass is 386 g/mol. The molecule has 0 fully saturated rings. The molecule has 0 aliphatic heterocycles. The average Bonchev–Trinajstić information content (AvgIpc) is 2.57. The molecule has 122 valence electrons. The van der Waals surface area contributed by atoms with Gasteiger partial charge in [0.1, 0.15) is 0 Å². The van der Waals surface area contributed by atoms with Gasteiger partial charge in [-0.15, -0.1) is 46.4 Å². The first kappa shape index (κ1) is 19.4. The van der Waals surface area contributed by atoms with Crippen molar-refractivity contribution in [3.8, 4) is 0 Å². The molecule has 1 aromatic carbocycles. The maximum absolute atomic E-state index is 11.4. The summed E-state index contributed by atoms with van der Waals surface area (Å²) in [7, 11) is 2.45. The molecule has 0 saturated carbocycles. The third-order valence-corrected chi connectivity index (χ3v) is 5.04. The number of alkyl halides is 4. The summed E-state index contributed by atoms with van der Waals surface area (Å²) in [5.41, 5.74) is 1.12. The predicted molar refractivity (Wildman–Crippen MR) is 86.9 cm³/mol. The van der Waals surface area contributed by atoms with Gasteiger partial charge in [0.15, 0.2) is 10.8 Å². The third-order valence-electron chi connectivity index (χ3n) is 2.91. The van der Waals surface area contributed by atoms with Gasteiger partial charge in [0.25, 0.3) is 0 Å². The highest BCUT2D eigenvalue weighted by molar-refractivity contribution is 6.37. The van der Waals surface area contributed by atoms with Crippen LogP contribution in [0.25, 0.3) is 0 Å². The van der Waals surface area contributed by atoms with E-state index >= 15 is 0 Å². The van der Waals surface area contributed by atoms with E-state index in [-0.39, 0.29) is 0 Å². The van der Waals surface area contributed by atoms with Crippen molar-refractivity contribution < 1.29 is 19.1 Å². The van der Waals surface area contributed by atoms with Crippen molar-refractivity contribution >= 4 is 58.3 Å². The van der Waals surface area contributed by atoms with Crippen molar-refractivity contribution in [3.63, 3.8) is 0 Å². The summed E-state index contributed by atoms with van der Waals surface area (Å²) in [4.78, 5) is 22.9. The van der Waals surface area contributed by atoms with E-state index in [9.17, 15) is 9.59 Å². The highest BCUT2D eigenvalue weighted by Crippen LogP contribution is 2.34. The molecule has 0 N–H and O–H groups in total. The minimum atomic E-state index is -1.05. The van der Waals surface area contributed by atoms with Crippen molar-refractivity contribution in [1.29, 1.82) is 0 Å². The molecule has 4 nitrogen and oxygen atoms in total. The molecule has 0 heterocycles. The Bertz CT molecular complexity index is 494. The summed E-state index contributed by atoms with van der Waals surface area (Å²) in [5.74, 6) is -1.28. The molecule has 0 aliphatic rings. The predicted octanol–water partition coefficient (Wildman–Crippen LogP) is 3.81. The van der Waals surface area contributed by atoms with Gasteiger partial charge in [-0.25, -0.2) is 0 Å². The third kappa shape index (κ3) is 4.66. The first-order valence-electron chi connectivity index (χ1n) is 6.15. The molecule has 0 saturated heterocycles. The van der Waals surface area contributed by atoms with E-state index in [2.05, 4.69) is 9.47 Å². The van der Waals surface area contributed by atoms with E-state index in [0.29, 0.717) is 11.1 Å². The number of methoxy groups -OCH3 is 2. The van der Waals surface area contributed by atoms with Gasteiger partial charge in [0.2, 0.25) is 0 Å². The minimum Gasteiger partial charge on any atom is -0.468 e. The van der Waals surface area contributed by atoms with E-state index in [1.165, 1.54) is 14.2 Å². The maximum atomic E-state index is 11.4. The van der Waals surface area contributed by atoms with Gasteiger partial charge in [-0.1, -0.05) is 24.3 Å². The van der Waals surface area contributed by atoms with Crippen LogP contribution in [0, 0.1) is 0 Å². The fourth-order valence-corrected chi connectivity index (χ4v) is 2.65. The minimum absolute atomic E-state index is 0.559. The number of halogens is 4. The van der Waals surface area contributed by atoms with Crippen LogP contribution in [0.1, 0.15) is 21.9 Å². The number of hydrogen-bond acceptors (Lipinski definition) is 4. The van der Waals surface area contributed by atoms with Crippen LogP contribution in [0.15, 0.2) is 24.3 Å². The Kier molecular flexibility index (Phi) is 7.77. The summed E-state index contributed by atoms with van der Waals surface area (Å²) in [6.45, 7) is 0. The molecule has 0 spiro atoms. The van der Waals surface area contributed by atoms with Gasteiger partial charge >= 0.3 is 11.9 Å². The average molecular weight is 388 g/mol. The van der Waals surface area contributed by atoms with Gasteiger partial charge in [-0.3, -0.25) is 9.59 Å². The normalized spacial score (nSPS) is 16.3. The summed E-state index contributed by atoms with van der Waals surface area (Å²) < 4.78 is 9.11. The number of esters is 2. The second kappa shape index (κ2) is 8.82. The molecule has 0 amide bonds. The summed E-state index contributed by atoms with van der Waals surface area (Å²) in [5, 5.41) is -3.74. The van der Waals surface area contributed by atoms with Crippen LogP contribution in [0.2, 0.25) is 0 Å². The van der Waals surface area contributed by atoms with Crippen LogP contribution < -0.4 is 0 Å². The lowest BCUT2D eigenvalue weighted by Crippen LogP contribution is -2.22. The molecule has 22 heavy (non-hydrogen) atoms. The smallest absolute Gasteiger partial charge is 0.325 e. The van der Waals surface area contributed by atoms with E-state index < -0.39 is 33.4 Å². The van der Waals surface area contributed by atoms with Crippen molar-refractivity contribution in [3.05, 3.63) is 35.4 Å². The number of rotatable bonds is 6. The second-order valence-electron chi connectivity index (χ2n) is 4.32. The first-order valence-corrected chi connectivity index (χ1v) is 7.89. The first-order chi connectivity index (χ1) is 10.3. The lowest BCUT2D eigenvalue weighted by molar-refractivity contribution is -0.141. The molecular formula is C14H14Cl4O4. The standard InChI is InChI=1S/C14H14Cl4O4/c1-21-13(19)11(17)9(15)7-4-3-5-8(6-7)10(16)12(18)14(20)22-2/h3-6,9-12H,1-2H3/t9-,10+,11-,12-/m0/s1. The van der Waals surface area contributed by atoms with Crippen molar-refractivity contribution in [2.75, 3.05) is 14.2 Å². The van der Waals surface area contributed by atoms with Crippen LogP contribution in [-0.2, 0) is 19.1 Å². The Morgan fingerprint density at radius 3 is 1.55 bits per heavy atom. The molecule has 0 aromatic heterocycles. The maximum Gasteiger partial charge on any atom is 0.325 e. The quantitative estimate of drug-likeness (QED) is 0.550. The largest absolute Gasteiger partial charge is 0.468 e. The zero-order chi connectivity index (χ0) is 16.9. The Morgan fingerprint density at radius 2 is 1.23 bits per heavy atom. The van der Waals surface area contributed by atoms with Crippen LogP contribution in [0.4, 0.5) is 0 Å². The Balaban J connectivity index is 2.99. The van der Waals surface area contributed by atoms with Crippen LogP contribution >= 0.6 is 46.4 Å². The summed E-state index contributed by atoms with van der Waals surface area (Å²) in [6.07, 6.45) is 0. The van der Waals surface area contributed by atoms with E-state index in [4.69, 9.17) is 46.4 Å². The van der Waals surface area contributed by atoms with Gasteiger partial charge < -0.3 is 9.47 Å². The molecule has 4 atom stereocenters. The highest BCUT2D eigenvalue weighted by Gasteiger charge is 2.30. The van der Waals surface area contributed by atoms with Crippen LogP contribution in [-0.4, -0.2) is 36.9 Å². The zero-order valence-electron chi connectivity index (χ0n) is 11.8. The molecule has 1 aromatic rings. The summed E-state index contributed by atoms with van der Waals surface area (Å²) >= 11 is 24.2. The van der Waals surface area contributed by atoms with Gasteiger partial charge in [0.05, 0.1) is 25.0 Å². The molecular weight excluding hydrogens is 374 g/mol. The topological polar surface area (TPSA) is 52.6 Å². The van der Waals surface area contributed by atoms with Crippen molar-refractivity contribution in [2.24, 2.45) is 0 Å². The van der Waals surface area contributed by atoms with Crippen molar-refractivity contribution in [2.45, 2.75) is 21.5 Å². The fourth-order valence-electron chi connectivity index (χ4n) is 1.70. The zero-order valence-corrected chi connectivity index (χ0v) is 14.8. The number of ether oxygens (including phenoxy) is 2. The van der Waals surface area contributed by atoms with E-state index in [1.54, 1.807) is 24.3 Å². The number of benzene rings is 1. The van der Waals surface area contributed by atoms with Gasteiger partial charge in [0, 0.05) is 0 Å². The van der Waals surface area contributed by atoms with E-state index in [0.717, 1.165) is 0 Å². The molecule has 0 aliphatic carbocycles. The lowest BCUT2D eigenvalue weighted by atomic mass is 10.0. The molecule has 0 bridgehead atoms. The Hall–Kier alpha value is -0.680. The molecule has 1 rings (SSSR count). The van der Waals surface area contributed by atoms with Crippen LogP contribution in [0.5, 0.6) is 0 Å². The number of carbonyl (C=O) groups is 2. The number of hydrogen-bond donors (Lipinski definition) is 0. The van der Waals surface area contributed by atoms with Crippen molar-refractivity contribution in [1.82, 2.24) is 0 Å². The van der Waals surface area contributed by atoms with E-state index in [1.807, 2.05) is 0 Å².